The average Bonchev–Trinajstić information content (AvgIpc) is 2.51. The van der Waals surface area contributed by atoms with Crippen molar-refractivity contribution >= 4 is 34.8 Å². The fourth-order valence-electron chi connectivity index (χ4n) is 1.93. The second kappa shape index (κ2) is 8.77. The van der Waals surface area contributed by atoms with Crippen LogP contribution in [0.5, 0.6) is 5.75 Å². The number of carbonyl (C=O) groups excluding carboxylic acids is 1. The highest BCUT2D eigenvalue weighted by Crippen LogP contribution is 2.20. The standard InChI is InChI=1S/C17H18Cl2N2O2/c1-21(10-11-23-14-8-6-13(18)7-9-14)12-17(22)20-16-5-3-2-4-15(16)19/h2-9H,10-12H2,1H3,(H,20,22). The Morgan fingerprint density at radius 3 is 2.52 bits per heavy atom. The normalized spacial score (nSPS) is 10.6. The van der Waals surface area contributed by atoms with E-state index in [4.69, 9.17) is 27.9 Å². The summed E-state index contributed by atoms with van der Waals surface area (Å²) in [5.74, 6) is 0.635. The lowest BCUT2D eigenvalue weighted by atomic mass is 10.3. The van der Waals surface area contributed by atoms with Crippen molar-refractivity contribution in [3.05, 3.63) is 58.6 Å². The second-order valence-electron chi connectivity index (χ2n) is 5.07. The average molecular weight is 353 g/mol. The molecule has 6 heteroatoms. The zero-order valence-corrected chi connectivity index (χ0v) is 14.3. The van der Waals surface area contributed by atoms with E-state index in [9.17, 15) is 4.79 Å². The lowest BCUT2D eigenvalue weighted by Crippen LogP contribution is -2.33. The van der Waals surface area contributed by atoms with Gasteiger partial charge in [0.1, 0.15) is 12.4 Å². The van der Waals surface area contributed by atoms with Crippen LogP contribution >= 0.6 is 23.2 Å². The van der Waals surface area contributed by atoms with Gasteiger partial charge in [0.2, 0.25) is 5.91 Å². The van der Waals surface area contributed by atoms with Crippen LogP contribution in [0.15, 0.2) is 48.5 Å². The maximum atomic E-state index is 12.0. The summed E-state index contributed by atoms with van der Waals surface area (Å²) in [6, 6.07) is 14.3. The van der Waals surface area contributed by atoms with E-state index in [1.807, 2.05) is 36.2 Å². The minimum Gasteiger partial charge on any atom is -0.492 e. The summed E-state index contributed by atoms with van der Waals surface area (Å²) in [7, 11) is 1.86. The summed E-state index contributed by atoms with van der Waals surface area (Å²) in [5, 5.41) is 3.98. The Hall–Kier alpha value is -1.75. The quantitative estimate of drug-likeness (QED) is 0.820. The topological polar surface area (TPSA) is 41.6 Å². The van der Waals surface area contributed by atoms with Gasteiger partial charge in [-0.3, -0.25) is 9.69 Å². The molecule has 0 atom stereocenters. The summed E-state index contributed by atoms with van der Waals surface area (Å²) >= 11 is 11.8. The largest absolute Gasteiger partial charge is 0.492 e. The van der Waals surface area contributed by atoms with E-state index in [2.05, 4.69) is 5.32 Å². The van der Waals surface area contributed by atoms with Crippen LogP contribution in [0.2, 0.25) is 10.0 Å². The molecule has 4 nitrogen and oxygen atoms in total. The lowest BCUT2D eigenvalue weighted by molar-refractivity contribution is -0.117. The van der Waals surface area contributed by atoms with Gasteiger partial charge in [-0.2, -0.15) is 0 Å². The molecule has 0 radical (unpaired) electrons. The number of para-hydroxylation sites is 1. The molecule has 0 saturated heterocycles. The molecule has 2 aromatic rings. The Bertz CT molecular complexity index is 647. The van der Waals surface area contributed by atoms with Gasteiger partial charge in [0.15, 0.2) is 0 Å². The molecule has 0 fully saturated rings. The minimum atomic E-state index is -0.118. The van der Waals surface area contributed by atoms with Crippen molar-refractivity contribution in [1.82, 2.24) is 4.90 Å². The summed E-state index contributed by atoms with van der Waals surface area (Å²) in [6.45, 7) is 1.37. The van der Waals surface area contributed by atoms with E-state index in [0.29, 0.717) is 28.9 Å². The number of hydrogen-bond donors (Lipinski definition) is 1. The summed E-state index contributed by atoms with van der Waals surface area (Å²) in [6.07, 6.45) is 0. The Labute approximate surface area is 146 Å². The van der Waals surface area contributed by atoms with Crippen LogP contribution in [-0.4, -0.2) is 37.6 Å². The Balaban J connectivity index is 1.71. The van der Waals surface area contributed by atoms with Crippen LogP contribution in [0.25, 0.3) is 0 Å². The molecule has 122 valence electrons. The van der Waals surface area contributed by atoms with Gasteiger partial charge in [-0.1, -0.05) is 35.3 Å². The van der Waals surface area contributed by atoms with Gasteiger partial charge in [0.25, 0.3) is 0 Å². The number of nitrogens with one attached hydrogen (secondary N) is 1. The molecule has 0 aliphatic rings. The summed E-state index contributed by atoms with van der Waals surface area (Å²) < 4.78 is 5.60. The molecule has 0 heterocycles. The van der Waals surface area contributed by atoms with E-state index in [0.717, 1.165) is 5.75 Å². The fraction of sp³-hybridized carbons (Fsp3) is 0.235. The molecular weight excluding hydrogens is 335 g/mol. The monoisotopic (exact) mass is 352 g/mol. The smallest absolute Gasteiger partial charge is 0.238 e. The molecule has 0 bridgehead atoms. The molecule has 0 spiro atoms. The van der Waals surface area contributed by atoms with Gasteiger partial charge in [0, 0.05) is 11.6 Å². The van der Waals surface area contributed by atoms with Crippen LogP contribution in [0.3, 0.4) is 0 Å². The van der Waals surface area contributed by atoms with Crippen LogP contribution in [-0.2, 0) is 4.79 Å². The summed E-state index contributed by atoms with van der Waals surface area (Å²) in [5.41, 5.74) is 0.616. The van der Waals surface area contributed by atoms with Crippen LogP contribution in [0, 0.1) is 0 Å². The maximum absolute atomic E-state index is 12.0. The number of anilines is 1. The predicted molar refractivity (Wildman–Crippen MR) is 94.5 cm³/mol. The van der Waals surface area contributed by atoms with Crippen molar-refractivity contribution in [1.29, 1.82) is 0 Å². The van der Waals surface area contributed by atoms with E-state index >= 15 is 0 Å². The van der Waals surface area contributed by atoms with Gasteiger partial charge in [-0.05, 0) is 43.4 Å². The highest BCUT2D eigenvalue weighted by molar-refractivity contribution is 6.33. The number of amides is 1. The van der Waals surface area contributed by atoms with E-state index in [-0.39, 0.29) is 12.5 Å². The number of ether oxygens (including phenoxy) is 1. The molecule has 0 aliphatic heterocycles. The molecule has 0 aliphatic carbocycles. The van der Waals surface area contributed by atoms with E-state index < -0.39 is 0 Å². The van der Waals surface area contributed by atoms with Gasteiger partial charge in [0.05, 0.1) is 17.3 Å². The van der Waals surface area contributed by atoms with Crippen molar-refractivity contribution in [2.75, 3.05) is 32.1 Å². The van der Waals surface area contributed by atoms with Crippen molar-refractivity contribution in [3.8, 4) is 5.75 Å². The van der Waals surface area contributed by atoms with Crippen LogP contribution in [0.4, 0.5) is 5.69 Å². The molecule has 23 heavy (non-hydrogen) atoms. The van der Waals surface area contributed by atoms with Gasteiger partial charge < -0.3 is 10.1 Å². The number of carbonyl (C=O) groups is 1. The van der Waals surface area contributed by atoms with Crippen LogP contribution in [0.1, 0.15) is 0 Å². The molecule has 2 aromatic carbocycles. The maximum Gasteiger partial charge on any atom is 0.238 e. The van der Waals surface area contributed by atoms with Crippen molar-refractivity contribution in [2.45, 2.75) is 0 Å². The lowest BCUT2D eigenvalue weighted by Gasteiger charge is -2.17. The third kappa shape index (κ3) is 6.10. The second-order valence-corrected chi connectivity index (χ2v) is 5.91. The first-order valence-corrected chi connectivity index (χ1v) is 7.91. The van der Waals surface area contributed by atoms with E-state index in [1.54, 1.807) is 24.3 Å². The molecule has 1 amide bonds. The number of benzene rings is 2. The molecule has 1 N–H and O–H groups in total. The molecular formula is C17H18Cl2N2O2. The number of rotatable bonds is 7. The number of nitrogens with zero attached hydrogens (tertiary/aromatic N) is 1. The van der Waals surface area contributed by atoms with Gasteiger partial charge in [-0.15, -0.1) is 0 Å². The molecule has 0 saturated carbocycles. The van der Waals surface area contributed by atoms with Crippen LogP contribution < -0.4 is 10.1 Å². The molecule has 2 rings (SSSR count). The SMILES string of the molecule is CN(CCOc1ccc(Cl)cc1)CC(=O)Nc1ccccc1Cl. The van der Waals surface area contributed by atoms with E-state index in [1.165, 1.54) is 0 Å². The summed E-state index contributed by atoms with van der Waals surface area (Å²) in [4.78, 5) is 13.9. The van der Waals surface area contributed by atoms with Crippen molar-refractivity contribution in [3.63, 3.8) is 0 Å². The first kappa shape index (κ1) is 17.6. The first-order chi connectivity index (χ1) is 11.0. The highest BCUT2D eigenvalue weighted by atomic mass is 35.5. The minimum absolute atomic E-state index is 0.118. The zero-order chi connectivity index (χ0) is 16.7. The van der Waals surface area contributed by atoms with Gasteiger partial charge in [-0.25, -0.2) is 0 Å². The third-order valence-corrected chi connectivity index (χ3v) is 3.70. The Morgan fingerprint density at radius 2 is 1.83 bits per heavy atom. The zero-order valence-electron chi connectivity index (χ0n) is 12.8. The number of likely N-dealkylation sites (N-methyl/N-ethyl adjacent to an activating group) is 1. The van der Waals surface area contributed by atoms with Gasteiger partial charge >= 0.3 is 0 Å². The highest BCUT2D eigenvalue weighted by Gasteiger charge is 2.08. The fourth-order valence-corrected chi connectivity index (χ4v) is 2.24. The molecule has 0 unspecified atom stereocenters. The first-order valence-electron chi connectivity index (χ1n) is 7.16. The molecule has 0 aromatic heterocycles. The van der Waals surface area contributed by atoms with Crippen molar-refractivity contribution < 1.29 is 9.53 Å². The Kier molecular flexibility index (Phi) is 6.71. The number of halogens is 2. The Morgan fingerprint density at radius 1 is 1.13 bits per heavy atom. The predicted octanol–water partition coefficient (Wildman–Crippen LogP) is 3.94. The third-order valence-electron chi connectivity index (χ3n) is 3.12. The number of hydrogen-bond acceptors (Lipinski definition) is 3. The van der Waals surface area contributed by atoms with Crippen molar-refractivity contribution in [2.24, 2.45) is 0 Å².